The zero-order valence-corrected chi connectivity index (χ0v) is 15.8. The molecule has 8 heteroatoms. The summed E-state index contributed by atoms with van der Waals surface area (Å²) in [7, 11) is 0. The first kappa shape index (κ1) is 17.5. The number of aliphatic imine (C=N–C) groups is 1. The summed E-state index contributed by atoms with van der Waals surface area (Å²) in [4.78, 5) is 13.3. The average molecular weight is 384 g/mol. The minimum atomic E-state index is -0.227. The molecule has 0 radical (unpaired) electrons. The number of halogens is 1. The Morgan fingerprint density at radius 1 is 1.37 bits per heavy atom. The fourth-order valence-electron chi connectivity index (χ4n) is 3.03. The van der Waals surface area contributed by atoms with Crippen LogP contribution in [0.5, 0.6) is 0 Å². The molecule has 0 aliphatic rings. The third-order valence-electron chi connectivity index (χ3n) is 4.30. The first-order valence-corrected chi connectivity index (χ1v) is 9.79. The Morgan fingerprint density at radius 3 is 3.15 bits per heavy atom. The Hall–Kier alpha value is -2.87. The van der Waals surface area contributed by atoms with Crippen molar-refractivity contribution in [1.29, 1.82) is 0 Å². The van der Waals surface area contributed by atoms with Gasteiger partial charge >= 0.3 is 0 Å². The maximum Gasteiger partial charge on any atom is 0.193 e. The van der Waals surface area contributed by atoms with Gasteiger partial charge in [0.05, 0.1) is 12.2 Å². The molecule has 1 aromatic carbocycles. The molecule has 0 bridgehead atoms. The van der Waals surface area contributed by atoms with Crippen molar-refractivity contribution in [2.24, 2.45) is 4.99 Å². The zero-order valence-electron chi connectivity index (χ0n) is 15.0. The van der Waals surface area contributed by atoms with E-state index >= 15 is 0 Å². The molecule has 0 atom stereocenters. The Labute approximate surface area is 160 Å². The second kappa shape index (κ2) is 7.79. The van der Waals surface area contributed by atoms with E-state index < -0.39 is 0 Å². The molecule has 3 aromatic heterocycles. The molecule has 0 aliphatic heterocycles. The molecule has 0 aliphatic carbocycles. The summed E-state index contributed by atoms with van der Waals surface area (Å²) in [6.07, 6.45) is 6.75. The predicted molar refractivity (Wildman–Crippen MR) is 108 cm³/mol. The van der Waals surface area contributed by atoms with Gasteiger partial charge in [-0.3, -0.25) is 4.40 Å². The van der Waals surface area contributed by atoms with Crippen LogP contribution in [0.4, 0.5) is 4.39 Å². The van der Waals surface area contributed by atoms with Crippen LogP contribution in [0.3, 0.4) is 0 Å². The van der Waals surface area contributed by atoms with Crippen LogP contribution < -0.4 is 10.6 Å². The molecule has 0 fully saturated rings. The van der Waals surface area contributed by atoms with Gasteiger partial charge in [-0.2, -0.15) is 0 Å². The number of hydrogen-bond acceptors (Lipinski definition) is 3. The van der Waals surface area contributed by atoms with Crippen LogP contribution in [-0.2, 0) is 13.0 Å². The van der Waals surface area contributed by atoms with Crippen LogP contribution >= 0.6 is 11.3 Å². The highest BCUT2D eigenvalue weighted by molar-refractivity contribution is 7.15. The van der Waals surface area contributed by atoms with E-state index in [-0.39, 0.29) is 5.82 Å². The van der Waals surface area contributed by atoms with Gasteiger partial charge in [0.25, 0.3) is 0 Å². The van der Waals surface area contributed by atoms with Gasteiger partial charge < -0.3 is 15.6 Å². The normalized spacial score (nSPS) is 12.1. The van der Waals surface area contributed by atoms with Crippen molar-refractivity contribution < 1.29 is 4.39 Å². The number of imidazole rings is 1. The lowest BCUT2D eigenvalue weighted by molar-refractivity contribution is 0.629. The quantitative estimate of drug-likeness (QED) is 0.353. The fourth-order valence-corrected chi connectivity index (χ4v) is 3.75. The minimum Gasteiger partial charge on any atom is -0.361 e. The summed E-state index contributed by atoms with van der Waals surface area (Å²) >= 11 is 1.61. The molecule has 0 saturated carbocycles. The molecule has 3 heterocycles. The van der Waals surface area contributed by atoms with Gasteiger partial charge in [0.15, 0.2) is 10.9 Å². The monoisotopic (exact) mass is 384 g/mol. The maximum absolute atomic E-state index is 13.3. The Balaban J connectivity index is 1.38. The summed E-state index contributed by atoms with van der Waals surface area (Å²) in [5, 5.41) is 9.67. The molecule has 27 heavy (non-hydrogen) atoms. The second-order valence-electron chi connectivity index (χ2n) is 6.20. The third-order valence-corrected chi connectivity index (χ3v) is 5.07. The van der Waals surface area contributed by atoms with Crippen LogP contribution in [0.15, 0.2) is 47.2 Å². The van der Waals surface area contributed by atoms with Crippen molar-refractivity contribution in [1.82, 2.24) is 25.0 Å². The van der Waals surface area contributed by atoms with Crippen molar-refractivity contribution in [3.63, 3.8) is 0 Å². The molecular weight excluding hydrogens is 363 g/mol. The molecule has 140 valence electrons. The molecule has 0 saturated heterocycles. The van der Waals surface area contributed by atoms with Gasteiger partial charge in [0.1, 0.15) is 5.82 Å². The number of nitrogens with zero attached hydrogens (tertiary/aromatic N) is 3. The predicted octanol–water partition coefficient (Wildman–Crippen LogP) is 3.31. The van der Waals surface area contributed by atoms with E-state index in [0.717, 1.165) is 52.6 Å². The average Bonchev–Trinajstić information content (AvgIpc) is 3.34. The van der Waals surface area contributed by atoms with Crippen molar-refractivity contribution in [2.75, 3.05) is 13.1 Å². The van der Waals surface area contributed by atoms with E-state index in [2.05, 4.69) is 25.6 Å². The highest BCUT2D eigenvalue weighted by Crippen LogP contribution is 2.19. The number of hydrogen-bond donors (Lipinski definition) is 3. The van der Waals surface area contributed by atoms with Crippen LogP contribution in [-0.4, -0.2) is 33.4 Å². The summed E-state index contributed by atoms with van der Waals surface area (Å²) in [5.41, 5.74) is 2.92. The van der Waals surface area contributed by atoms with E-state index in [1.165, 1.54) is 12.1 Å². The summed E-state index contributed by atoms with van der Waals surface area (Å²) in [5.74, 6) is 0.537. The van der Waals surface area contributed by atoms with E-state index in [4.69, 9.17) is 0 Å². The number of aromatic amines is 1. The minimum absolute atomic E-state index is 0.227. The topological polar surface area (TPSA) is 69.5 Å². The van der Waals surface area contributed by atoms with Crippen LogP contribution in [0.25, 0.3) is 15.9 Å². The summed E-state index contributed by atoms with van der Waals surface area (Å²) in [6.45, 7) is 4.08. The van der Waals surface area contributed by atoms with Gasteiger partial charge in [-0.15, -0.1) is 11.3 Å². The van der Waals surface area contributed by atoms with Crippen molar-refractivity contribution in [2.45, 2.75) is 19.9 Å². The van der Waals surface area contributed by atoms with Crippen molar-refractivity contribution in [3.05, 3.63) is 59.2 Å². The van der Waals surface area contributed by atoms with E-state index in [1.807, 2.05) is 41.4 Å². The van der Waals surface area contributed by atoms with Gasteiger partial charge in [-0.1, -0.05) is 0 Å². The van der Waals surface area contributed by atoms with Crippen LogP contribution in [0.2, 0.25) is 0 Å². The molecule has 6 nitrogen and oxygen atoms in total. The lowest BCUT2D eigenvalue weighted by Gasteiger charge is -2.10. The fraction of sp³-hybridized carbons (Fsp3) is 0.263. The highest BCUT2D eigenvalue weighted by atomic mass is 32.1. The second-order valence-corrected chi connectivity index (χ2v) is 7.07. The smallest absolute Gasteiger partial charge is 0.193 e. The Bertz CT molecular complexity index is 1050. The van der Waals surface area contributed by atoms with Crippen molar-refractivity contribution >= 4 is 33.2 Å². The summed E-state index contributed by atoms with van der Waals surface area (Å²) < 4.78 is 15.3. The van der Waals surface area contributed by atoms with Gasteiger partial charge in [-0.05, 0) is 37.1 Å². The number of fused-ring (bicyclic) bond motifs is 2. The molecule has 0 spiro atoms. The lowest BCUT2D eigenvalue weighted by atomic mass is 10.1. The van der Waals surface area contributed by atoms with E-state index in [9.17, 15) is 4.39 Å². The van der Waals surface area contributed by atoms with Gasteiger partial charge in [-0.25, -0.2) is 14.4 Å². The number of nitrogens with one attached hydrogen (secondary N) is 3. The van der Waals surface area contributed by atoms with Crippen LogP contribution in [0, 0.1) is 5.82 Å². The highest BCUT2D eigenvalue weighted by Gasteiger charge is 2.06. The van der Waals surface area contributed by atoms with Gasteiger partial charge in [0.2, 0.25) is 0 Å². The Morgan fingerprint density at radius 2 is 2.30 bits per heavy atom. The Kier molecular flexibility index (Phi) is 5.06. The molecule has 3 N–H and O–H groups in total. The number of thiazole rings is 1. The largest absolute Gasteiger partial charge is 0.361 e. The SMILES string of the molecule is CCNC(=NCc1cn2ccsc2n1)NCCc1c[nH]c2cc(F)ccc12. The molecule has 4 rings (SSSR count). The zero-order chi connectivity index (χ0) is 18.6. The first-order chi connectivity index (χ1) is 13.2. The number of rotatable bonds is 6. The molecular formula is C19H21FN6S. The number of H-pyrrole nitrogens is 1. The van der Waals surface area contributed by atoms with E-state index in [0.29, 0.717) is 6.54 Å². The van der Waals surface area contributed by atoms with Crippen LogP contribution in [0.1, 0.15) is 18.2 Å². The number of benzene rings is 1. The molecule has 4 aromatic rings. The first-order valence-electron chi connectivity index (χ1n) is 8.91. The standard InChI is InChI=1S/C19H21FN6S/c1-2-21-18(24-11-15-12-26-7-8-27-19(26)25-15)22-6-5-13-10-23-17-9-14(20)3-4-16(13)17/h3-4,7-10,12,23H,2,5-6,11H2,1H3,(H2,21,22,24). The van der Waals surface area contributed by atoms with Crippen molar-refractivity contribution in [3.8, 4) is 0 Å². The molecule has 0 amide bonds. The maximum atomic E-state index is 13.3. The summed E-state index contributed by atoms with van der Waals surface area (Å²) in [6, 6.07) is 4.84. The van der Waals surface area contributed by atoms with E-state index in [1.54, 1.807) is 11.3 Å². The lowest BCUT2D eigenvalue weighted by Crippen LogP contribution is -2.38. The third kappa shape index (κ3) is 3.95. The molecule has 0 unspecified atom stereocenters. The number of guanidine groups is 1. The van der Waals surface area contributed by atoms with Gasteiger partial charge in [0, 0.05) is 48.0 Å². The number of aromatic nitrogens is 3.